The third-order valence-electron chi connectivity index (χ3n) is 8.06. The van der Waals surface area contributed by atoms with E-state index in [0.29, 0.717) is 62.1 Å². The summed E-state index contributed by atoms with van der Waals surface area (Å²) >= 11 is 1.19. The van der Waals surface area contributed by atoms with Crippen molar-refractivity contribution in [2.24, 2.45) is 5.92 Å². The number of carbonyl (C=O) groups is 2. The highest BCUT2D eigenvalue weighted by molar-refractivity contribution is 7.16. The molecule has 2 aliphatic heterocycles. The van der Waals surface area contributed by atoms with E-state index in [1.165, 1.54) is 36.9 Å². The fourth-order valence-corrected chi connectivity index (χ4v) is 6.61. The molecule has 2 aromatic heterocycles. The lowest BCUT2D eigenvalue weighted by Gasteiger charge is -2.30. The zero-order chi connectivity index (χ0) is 32.1. The van der Waals surface area contributed by atoms with E-state index < -0.39 is 23.6 Å². The molecule has 2 saturated heterocycles. The summed E-state index contributed by atoms with van der Waals surface area (Å²) in [5.41, 5.74) is -0.272. The molecule has 2 fully saturated rings. The molecule has 2 N–H and O–H groups in total. The Bertz CT molecular complexity index is 1490. The largest absolute Gasteiger partial charge is 0.497 e. The maximum absolute atomic E-state index is 13.8. The number of hydrogen-bond donors (Lipinski definition) is 2. The number of ether oxygens (including phenoxy) is 2. The highest BCUT2D eigenvalue weighted by atomic mass is 32.1. The molecule has 11 nitrogen and oxygen atoms in total. The zero-order valence-corrected chi connectivity index (χ0v) is 25.8. The minimum absolute atomic E-state index is 0.0366. The maximum Gasteiger partial charge on any atom is 0.416 e. The molecule has 2 aliphatic rings. The number of rotatable bonds is 11. The number of halogens is 3. The molecule has 4 heterocycles. The minimum Gasteiger partial charge on any atom is -0.497 e. The van der Waals surface area contributed by atoms with Gasteiger partial charge in [0.2, 0.25) is 0 Å². The van der Waals surface area contributed by atoms with E-state index in [1.54, 1.807) is 0 Å². The lowest BCUT2D eigenvalue weighted by Crippen LogP contribution is -2.36. The number of piperidine rings is 1. The second kappa shape index (κ2) is 14.1. The van der Waals surface area contributed by atoms with Crippen LogP contribution < -0.4 is 15.0 Å². The first-order valence-corrected chi connectivity index (χ1v) is 15.6. The molecule has 3 aromatic rings. The number of amides is 1. The van der Waals surface area contributed by atoms with Crippen LogP contribution in [0.3, 0.4) is 0 Å². The van der Waals surface area contributed by atoms with Gasteiger partial charge in [-0.1, -0.05) is 11.3 Å². The normalized spacial score (nSPS) is 17.9. The Balaban J connectivity index is 1.38. The quantitative estimate of drug-likeness (QED) is 0.287. The number of benzene rings is 1. The molecule has 1 atom stereocenters. The van der Waals surface area contributed by atoms with Crippen molar-refractivity contribution in [3.8, 4) is 17.0 Å². The Morgan fingerprint density at radius 3 is 2.53 bits per heavy atom. The standard InChI is InChI=1S/C30H35F3N6O5S/c1-3-44-17-21-5-4-8-39(21)16-24-26(19-11-20(30(31,32)33)13-22(12-19)43-2)36-29(45-24)37-27(40)23-14-35-25(15-34-23)38-9-6-18(7-10-38)28(41)42/h11-15,18,21H,3-10,16-17H2,1-2H3,(H,41,42)(H,36,37,40)/t21-/m0/s1. The van der Waals surface area contributed by atoms with Crippen molar-refractivity contribution in [1.29, 1.82) is 0 Å². The highest BCUT2D eigenvalue weighted by Crippen LogP contribution is 2.39. The Morgan fingerprint density at radius 2 is 1.89 bits per heavy atom. The van der Waals surface area contributed by atoms with Crippen LogP contribution in [-0.2, 0) is 22.3 Å². The third-order valence-corrected chi connectivity index (χ3v) is 9.02. The van der Waals surface area contributed by atoms with Crippen molar-refractivity contribution in [2.75, 3.05) is 50.2 Å². The van der Waals surface area contributed by atoms with Crippen molar-refractivity contribution >= 4 is 34.2 Å². The smallest absolute Gasteiger partial charge is 0.416 e. The lowest BCUT2D eigenvalue weighted by molar-refractivity contribution is -0.142. The SMILES string of the molecule is CCOC[C@@H]1CCCN1Cc1sc(NC(=O)c2cnc(N3CCC(C(=O)O)CC3)cn2)nc1-c1cc(OC)cc(C(F)(F)F)c1. The van der Waals surface area contributed by atoms with Gasteiger partial charge in [-0.3, -0.25) is 19.8 Å². The van der Waals surface area contributed by atoms with Crippen LogP contribution in [0.2, 0.25) is 0 Å². The number of anilines is 2. The molecular formula is C30H35F3N6O5S. The molecule has 0 radical (unpaired) electrons. The van der Waals surface area contributed by atoms with E-state index in [2.05, 4.69) is 25.2 Å². The molecule has 242 valence electrons. The van der Waals surface area contributed by atoms with E-state index >= 15 is 0 Å². The minimum atomic E-state index is -4.59. The van der Waals surface area contributed by atoms with Crippen molar-refractivity contribution in [2.45, 2.75) is 51.4 Å². The number of methoxy groups -OCH3 is 1. The van der Waals surface area contributed by atoms with Crippen LogP contribution in [0.1, 0.15) is 53.5 Å². The number of carboxylic acid groups (broad SMARTS) is 1. The van der Waals surface area contributed by atoms with Gasteiger partial charge in [0.1, 0.15) is 17.3 Å². The van der Waals surface area contributed by atoms with Gasteiger partial charge in [0.15, 0.2) is 5.13 Å². The number of alkyl halides is 3. The highest BCUT2D eigenvalue weighted by Gasteiger charge is 2.33. The predicted octanol–water partition coefficient (Wildman–Crippen LogP) is 5.18. The zero-order valence-electron chi connectivity index (χ0n) is 25.0. The maximum atomic E-state index is 13.8. The number of aromatic nitrogens is 3. The van der Waals surface area contributed by atoms with E-state index in [9.17, 15) is 27.9 Å². The number of nitrogens with one attached hydrogen (secondary N) is 1. The van der Waals surface area contributed by atoms with Crippen molar-refractivity contribution < 1.29 is 37.3 Å². The fraction of sp³-hybridized carbons (Fsp3) is 0.500. The van der Waals surface area contributed by atoms with Gasteiger partial charge in [0.25, 0.3) is 5.91 Å². The molecular weight excluding hydrogens is 613 g/mol. The van der Waals surface area contributed by atoms with Gasteiger partial charge in [0.05, 0.1) is 43.3 Å². The molecule has 5 rings (SSSR count). The molecule has 1 aromatic carbocycles. The average molecular weight is 649 g/mol. The van der Waals surface area contributed by atoms with Crippen LogP contribution in [0.25, 0.3) is 11.3 Å². The van der Waals surface area contributed by atoms with Crippen LogP contribution in [-0.4, -0.2) is 82.8 Å². The summed E-state index contributed by atoms with van der Waals surface area (Å²) in [4.78, 5) is 42.4. The van der Waals surface area contributed by atoms with Crippen molar-refractivity contribution in [1.82, 2.24) is 19.9 Å². The molecule has 1 amide bonds. The van der Waals surface area contributed by atoms with E-state index in [-0.39, 0.29) is 34.1 Å². The molecule has 0 aliphatic carbocycles. The topological polar surface area (TPSA) is 130 Å². The van der Waals surface area contributed by atoms with Crippen LogP contribution in [0.5, 0.6) is 5.75 Å². The number of thiazole rings is 1. The van der Waals surface area contributed by atoms with E-state index in [1.807, 2.05) is 11.8 Å². The monoisotopic (exact) mass is 648 g/mol. The molecule has 45 heavy (non-hydrogen) atoms. The molecule has 0 unspecified atom stereocenters. The first-order chi connectivity index (χ1) is 21.5. The lowest BCUT2D eigenvalue weighted by atomic mass is 9.97. The summed E-state index contributed by atoms with van der Waals surface area (Å²) in [7, 11) is 1.31. The summed E-state index contributed by atoms with van der Waals surface area (Å²) in [5.74, 6) is -1.17. The first-order valence-electron chi connectivity index (χ1n) is 14.7. The Kier molecular flexibility index (Phi) is 10.2. The van der Waals surface area contributed by atoms with Crippen LogP contribution in [0.4, 0.5) is 24.1 Å². The van der Waals surface area contributed by atoms with Crippen LogP contribution >= 0.6 is 11.3 Å². The molecule has 0 saturated carbocycles. The fourth-order valence-electron chi connectivity index (χ4n) is 5.60. The second-order valence-electron chi connectivity index (χ2n) is 11.0. The van der Waals surface area contributed by atoms with Gasteiger partial charge >= 0.3 is 12.1 Å². The van der Waals surface area contributed by atoms with Gasteiger partial charge in [-0.05, 0) is 57.4 Å². The average Bonchev–Trinajstić information content (AvgIpc) is 3.65. The van der Waals surface area contributed by atoms with Gasteiger partial charge in [-0.25, -0.2) is 15.0 Å². The van der Waals surface area contributed by atoms with Gasteiger partial charge in [-0.15, -0.1) is 0 Å². The number of nitrogens with zero attached hydrogens (tertiary/aromatic N) is 5. The Labute approximate surface area is 262 Å². The van der Waals surface area contributed by atoms with Crippen molar-refractivity contribution in [3.63, 3.8) is 0 Å². The molecule has 0 bridgehead atoms. The summed E-state index contributed by atoms with van der Waals surface area (Å²) in [6.07, 6.45) is 1.12. The third kappa shape index (κ3) is 7.89. The summed E-state index contributed by atoms with van der Waals surface area (Å²) in [6, 6.07) is 3.65. The van der Waals surface area contributed by atoms with Gasteiger partial charge in [0, 0.05) is 42.7 Å². The Morgan fingerprint density at radius 1 is 1.11 bits per heavy atom. The summed E-state index contributed by atoms with van der Waals surface area (Å²) < 4.78 is 52.1. The number of carbonyl (C=O) groups excluding carboxylic acids is 1. The van der Waals surface area contributed by atoms with Crippen LogP contribution in [0, 0.1) is 5.92 Å². The predicted molar refractivity (Wildman–Crippen MR) is 162 cm³/mol. The Hall–Kier alpha value is -3.82. The van der Waals surface area contributed by atoms with Gasteiger partial charge in [-0.2, -0.15) is 13.2 Å². The summed E-state index contributed by atoms with van der Waals surface area (Å²) in [6.45, 7) is 5.33. The van der Waals surface area contributed by atoms with Crippen molar-refractivity contribution in [3.05, 3.63) is 46.7 Å². The first kappa shape index (κ1) is 32.6. The number of likely N-dealkylation sites (tertiary alicyclic amines) is 1. The number of hydrogen-bond acceptors (Lipinski definition) is 10. The van der Waals surface area contributed by atoms with Gasteiger partial charge < -0.3 is 19.5 Å². The molecule has 15 heteroatoms. The number of aliphatic carboxylic acids is 1. The van der Waals surface area contributed by atoms with Crippen LogP contribution in [0.15, 0.2) is 30.6 Å². The molecule has 0 spiro atoms. The summed E-state index contributed by atoms with van der Waals surface area (Å²) in [5, 5.41) is 12.2. The second-order valence-corrected chi connectivity index (χ2v) is 12.1. The van der Waals surface area contributed by atoms with E-state index in [0.717, 1.165) is 31.5 Å². The van der Waals surface area contributed by atoms with E-state index in [4.69, 9.17) is 9.47 Å². The number of carboxylic acids is 1.